The second-order valence-corrected chi connectivity index (χ2v) is 5.66. The SMILES string of the molecule is COc1ccc(O[C@H](C)C(=O)Nc2cccc(Cl)c2C)c([N+](=O)[O-])c1. The van der Waals surface area contributed by atoms with E-state index in [1.165, 1.54) is 32.2 Å². The van der Waals surface area contributed by atoms with Gasteiger partial charge >= 0.3 is 5.69 Å². The summed E-state index contributed by atoms with van der Waals surface area (Å²) in [6.07, 6.45) is -0.953. The van der Waals surface area contributed by atoms with E-state index in [1.54, 1.807) is 25.1 Å². The number of ether oxygens (including phenoxy) is 2. The van der Waals surface area contributed by atoms with Crippen molar-refractivity contribution in [3.8, 4) is 11.5 Å². The minimum absolute atomic E-state index is 0.0173. The molecule has 0 aliphatic rings. The lowest BCUT2D eigenvalue weighted by Gasteiger charge is -2.16. The number of hydrogen-bond donors (Lipinski definition) is 1. The Morgan fingerprint density at radius 2 is 2.04 bits per heavy atom. The minimum Gasteiger partial charge on any atom is -0.496 e. The maximum absolute atomic E-state index is 12.3. The van der Waals surface area contributed by atoms with Crippen LogP contribution in [0.1, 0.15) is 12.5 Å². The van der Waals surface area contributed by atoms with Gasteiger partial charge in [-0.3, -0.25) is 14.9 Å². The Bertz CT molecular complexity index is 810. The van der Waals surface area contributed by atoms with Crippen molar-refractivity contribution in [2.75, 3.05) is 12.4 Å². The molecule has 0 fully saturated rings. The first-order valence-corrected chi connectivity index (χ1v) is 7.76. The van der Waals surface area contributed by atoms with Crippen LogP contribution in [-0.2, 0) is 4.79 Å². The van der Waals surface area contributed by atoms with Crippen molar-refractivity contribution in [2.45, 2.75) is 20.0 Å². The Morgan fingerprint density at radius 3 is 2.68 bits per heavy atom. The molecule has 0 saturated carbocycles. The number of carbonyl (C=O) groups is 1. The molecule has 0 unspecified atom stereocenters. The average molecular weight is 365 g/mol. The van der Waals surface area contributed by atoms with Crippen molar-refractivity contribution in [3.63, 3.8) is 0 Å². The predicted octanol–water partition coefficient (Wildman–Crippen LogP) is 3.97. The number of rotatable bonds is 6. The fourth-order valence-corrected chi connectivity index (χ4v) is 2.26. The highest BCUT2D eigenvalue weighted by molar-refractivity contribution is 6.31. The van der Waals surface area contributed by atoms with Gasteiger partial charge in [0, 0.05) is 10.7 Å². The third kappa shape index (κ3) is 4.39. The smallest absolute Gasteiger partial charge is 0.314 e. The molecule has 2 aromatic carbocycles. The largest absolute Gasteiger partial charge is 0.496 e. The number of carbonyl (C=O) groups excluding carboxylic acids is 1. The van der Waals surface area contributed by atoms with E-state index in [0.29, 0.717) is 16.5 Å². The summed E-state index contributed by atoms with van der Waals surface area (Å²) >= 11 is 6.02. The third-order valence-corrected chi connectivity index (χ3v) is 3.97. The lowest BCUT2D eigenvalue weighted by Crippen LogP contribution is -2.30. The van der Waals surface area contributed by atoms with E-state index >= 15 is 0 Å². The van der Waals surface area contributed by atoms with E-state index in [-0.39, 0.29) is 11.4 Å². The quantitative estimate of drug-likeness (QED) is 0.618. The van der Waals surface area contributed by atoms with Gasteiger partial charge in [-0.05, 0) is 43.7 Å². The summed E-state index contributed by atoms with van der Waals surface area (Å²) in [6.45, 7) is 3.28. The lowest BCUT2D eigenvalue weighted by molar-refractivity contribution is -0.386. The Hall–Kier alpha value is -2.80. The normalized spacial score (nSPS) is 11.5. The number of benzene rings is 2. The van der Waals surface area contributed by atoms with Gasteiger partial charge in [0.1, 0.15) is 5.75 Å². The first-order chi connectivity index (χ1) is 11.8. The van der Waals surface area contributed by atoms with Crippen LogP contribution in [0.25, 0.3) is 0 Å². The molecular weight excluding hydrogens is 348 g/mol. The number of nitro groups is 1. The van der Waals surface area contributed by atoms with Crippen LogP contribution in [0.2, 0.25) is 5.02 Å². The van der Waals surface area contributed by atoms with Gasteiger partial charge in [-0.1, -0.05) is 17.7 Å². The number of amides is 1. The van der Waals surface area contributed by atoms with Crippen LogP contribution in [0.15, 0.2) is 36.4 Å². The van der Waals surface area contributed by atoms with Crippen molar-refractivity contribution >= 4 is 28.9 Å². The highest BCUT2D eigenvalue weighted by Gasteiger charge is 2.22. The molecule has 1 N–H and O–H groups in total. The molecule has 0 aliphatic carbocycles. The molecule has 2 aromatic rings. The van der Waals surface area contributed by atoms with E-state index < -0.39 is 16.9 Å². The van der Waals surface area contributed by atoms with Crippen molar-refractivity contribution in [1.29, 1.82) is 0 Å². The molecule has 0 heterocycles. The predicted molar refractivity (Wildman–Crippen MR) is 94.6 cm³/mol. The number of methoxy groups -OCH3 is 1. The maximum atomic E-state index is 12.3. The van der Waals surface area contributed by atoms with E-state index in [2.05, 4.69) is 5.32 Å². The second kappa shape index (κ2) is 7.85. The van der Waals surface area contributed by atoms with Crippen molar-refractivity contribution in [1.82, 2.24) is 0 Å². The monoisotopic (exact) mass is 364 g/mol. The summed E-state index contributed by atoms with van der Waals surface area (Å²) < 4.78 is 10.4. The first-order valence-electron chi connectivity index (χ1n) is 7.38. The number of hydrogen-bond acceptors (Lipinski definition) is 5. The summed E-state index contributed by atoms with van der Waals surface area (Å²) in [6, 6.07) is 9.29. The standard InChI is InChI=1S/C17H17ClN2O5/c1-10-13(18)5-4-6-14(10)19-17(21)11(2)25-16-8-7-12(24-3)9-15(16)20(22)23/h4-9,11H,1-3H3,(H,19,21)/t11-/m1/s1. The Kier molecular flexibility index (Phi) is 5.82. The summed E-state index contributed by atoms with van der Waals surface area (Å²) in [5.74, 6) is -0.141. The van der Waals surface area contributed by atoms with E-state index in [9.17, 15) is 14.9 Å². The molecule has 0 bridgehead atoms. The number of anilines is 1. The van der Waals surface area contributed by atoms with Crippen LogP contribution >= 0.6 is 11.6 Å². The number of nitro benzene ring substituents is 1. The van der Waals surface area contributed by atoms with Gasteiger partial charge in [-0.2, -0.15) is 0 Å². The molecule has 0 saturated heterocycles. The molecule has 2 rings (SSSR count). The molecule has 0 spiro atoms. The fourth-order valence-electron chi connectivity index (χ4n) is 2.09. The highest BCUT2D eigenvalue weighted by atomic mass is 35.5. The van der Waals surface area contributed by atoms with Crippen LogP contribution in [0.3, 0.4) is 0 Å². The first kappa shape index (κ1) is 18.5. The summed E-state index contributed by atoms with van der Waals surface area (Å²) in [5.41, 5.74) is 0.996. The molecule has 25 heavy (non-hydrogen) atoms. The topological polar surface area (TPSA) is 90.7 Å². The second-order valence-electron chi connectivity index (χ2n) is 5.25. The molecule has 0 aliphatic heterocycles. The van der Waals surface area contributed by atoms with Gasteiger partial charge in [0.25, 0.3) is 5.91 Å². The van der Waals surface area contributed by atoms with Gasteiger partial charge in [0.05, 0.1) is 18.1 Å². The van der Waals surface area contributed by atoms with E-state index in [1.807, 2.05) is 0 Å². The maximum Gasteiger partial charge on any atom is 0.314 e. The van der Waals surface area contributed by atoms with E-state index in [0.717, 1.165) is 5.56 Å². The Balaban J connectivity index is 2.16. The molecule has 132 valence electrons. The van der Waals surface area contributed by atoms with Gasteiger partial charge in [0.15, 0.2) is 11.9 Å². The minimum atomic E-state index is -0.953. The summed E-state index contributed by atoms with van der Waals surface area (Å²) in [4.78, 5) is 22.9. The average Bonchev–Trinajstić information content (AvgIpc) is 2.59. The zero-order valence-corrected chi connectivity index (χ0v) is 14.7. The zero-order valence-electron chi connectivity index (χ0n) is 13.9. The number of halogens is 1. The molecule has 1 atom stereocenters. The molecule has 0 aromatic heterocycles. The van der Waals surface area contributed by atoms with Crippen LogP contribution in [0.4, 0.5) is 11.4 Å². The van der Waals surface area contributed by atoms with E-state index in [4.69, 9.17) is 21.1 Å². The number of nitrogens with zero attached hydrogens (tertiary/aromatic N) is 1. The Labute approximate surface area is 149 Å². The third-order valence-electron chi connectivity index (χ3n) is 3.56. The molecular formula is C17H17ClN2O5. The zero-order chi connectivity index (χ0) is 18.6. The van der Waals surface area contributed by atoms with Gasteiger partial charge in [-0.15, -0.1) is 0 Å². The van der Waals surface area contributed by atoms with Crippen LogP contribution < -0.4 is 14.8 Å². The van der Waals surface area contributed by atoms with Crippen LogP contribution in [-0.4, -0.2) is 24.0 Å². The highest BCUT2D eigenvalue weighted by Crippen LogP contribution is 2.32. The van der Waals surface area contributed by atoms with Gasteiger partial charge < -0.3 is 14.8 Å². The molecule has 0 radical (unpaired) electrons. The molecule has 1 amide bonds. The lowest BCUT2D eigenvalue weighted by atomic mass is 10.2. The van der Waals surface area contributed by atoms with Crippen molar-refractivity contribution < 1.29 is 19.2 Å². The van der Waals surface area contributed by atoms with Gasteiger partial charge in [0.2, 0.25) is 0 Å². The molecule has 7 nitrogen and oxygen atoms in total. The van der Waals surface area contributed by atoms with Crippen LogP contribution in [0, 0.1) is 17.0 Å². The van der Waals surface area contributed by atoms with Crippen molar-refractivity contribution in [2.24, 2.45) is 0 Å². The summed E-state index contributed by atoms with van der Waals surface area (Å²) in [5, 5.41) is 14.4. The fraction of sp³-hybridized carbons (Fsp3) is 0.235. The summed E-state index contributed by atoms with van der Waals surface area (Å²) in [7, 11) is 1.41. The van der Waals surface area contributed by atoms with Crippen LogP contribution in [0.5, 0.6) is 11.5 Å². The number of nitrogens with one attached hydrogen (secondary N) is 1. The van der Waals surface area contributed by atoms with Crippen molar-refractivity contribution in [3.05, 3.63) is 57.1 Å². The Morgan fingerprint density at radius 1 is 1.32 bits per heavy atom. The van der Waals surface area contributed by atoms with Gasteiger partial charge in [-0.25, -0.2) is 0 Å². The molecule has 8 heteroatoms.